The summed E-state index contributed by atoms with van der Waals surface area (Å²) in [6.45, 7) is 4.88. The summed E-state index contributed by atoms with van der Waals surface area (Å²) in [7, 11) is 1.98. The van der Waals surface area contributed by atoms with Crippen molar-refractivity contribution >= 4 is 23.4 Å². The fourth-order valence-electron chi connectivity index (χ4n) is 2.79. The fourth-order valence-corrected chi connectivity index (χ4v) is 2.79. The maximum Gasteiger partial charge on any atom is 0.338 e. The normalized spacial score (nSPS) is 10.4. The molecule has 0 spiro atoms. The van der Waals surface area contributed by atoms with Gasteiger partial charge in [-0.25, -0.2) is 9.78 Å². The van der Waals surface area contributed by atoms with Crippen molar-refractivity contribution in [2.24, 2.45) is 0 Å². The summed E-state index contributed by atoms with van der Waals surface area (Å²) in [4.78, 5) is 27.0. The Morgan fingerprint density at radius 2 is 1.83 bits per heavy atom. The van der Waals surface area contributed by atoms with Crippen molar-refractivity contribution < 1.29 is 9.53 Å². The molecule has 0 bridgehead atoms. The Kier molecular flexibility index (Phi) is 6.73. The summed E-state index contributed by atoms with van der Waals surface area (Å²) in [6.07, 6.45) is 4.48. The highest BCUT2D eigenvalue weighted by atomic mass is 16.5. The first kappa shape index (κ1) is 20.3. The molecule has 0 aliphatic heterocycles. The van der Waals surface area contributed by atoms with Crippen molar-refractivity contribution in [3.63, 3.8) is 0 Å². The van der Waals surface area contributed by atoms with E-state index in [1.54, 1.807) is 31.5 Å². The molecule has 29 heavy (non-hydrogen) atoms. The standard InChI is InChI=1S/C22H25N5O2/c1-4-29-21(28)18-5-7-19(8-6-18)25-20-15-16(2)24-22(26-20)27(3)14-11-17-9-12-23-13-10-17/h5-10,12-13,15H,4,11,14H2,1-3H3,(H,24,25,26). The molecular weight excluding hydrogens is 366 g/mol. The first-order valence-corrected chi connectivity index (χ1v) is 9.55. The molecule has 0 aliphatic rings. The van der Waals surface area contributed by atoms with Gasteiger partial charge in [0.15, 0.2) is 0 Å². The molecule has 1 N–H and O–H groups in total. The number of nitrogens with zero attached hydrogens (tertiary/aromatic N) is 4. The minimum atomic E-state index is -0.324. The summed E-state index contributed by atoms with van der Waals surface area (Å²) in [5.74, 6) is 1.03. The van der Waals surface area contributed by atoms with E-state index in [2.05, 4.69) is 20.3 Å². The lowest BCUT2D eigenvalue weighted by Crippen LogP contribution is -2.23. The van der Waals surface area contributed by atoms with Gasteiger partial charge in [0.25, 0.3) is 0 Å². The number of aromatic nitrogens is 3. The number of hydrogen-bond acceptors (Lipinski definition) is 7. The number of pyridine rings is 1. The summed E-state index contributed by atoms with van der Waals surface area (Å²) < 4.78 is 5.01. The van der Waals surface area contributed by atoms with Crippen LogP contribution in [0.4, 0.5) is 17.5 Å². The first-order chi connectivity index (χ1) is 14.0. The molecule has 0 fully saturated rings. The Bertz CT molecular complexity index is 945. The van der Waals surface area contributed by atoms with Gasteiger partial charge >= 0.3 is 5.97 Å². The van der Waals surface area contributed by atoms with Crippen LogP contribution in [0.2, 0.25) is 0 Å². The van der Waals surface area contributed by atoms with E-state index in [-0.39, 0.29) is 5.97 Å². The quantitative estimate of drug-likeness (QED) is 0.585. The molecule has 0 saturated heterocycles. The molecule has 1 aromatic carbocycles. The molecule has 7 nitrogen and oxygen atoms in total. The van der Waals surface area contributed by atoms with Gasteiger partial charge in [-0.3, -0.25) is 4.98 Å². The van der Waals surface area contributed by atoms with Crippen molar-refractivity contribution in [2.75, 3.05) is 30.4 Å². The number of carbonyl (C=O) groups is 1. The van der Waals surface area contributed by atoms with Crippen LogP contribution < -0.4 is 10.2 Å². The van der Waals surface area contributed by atoms with Gasteiger partial charge in [-0.1, -0.05) is 0 Å². The lowest BCUT2D eigenvalue weighted by atomic mass is 10.2. The summed E-state index contributed by atoms with van der Waals surface area (Å²) in [5, 5.41) is 3.27. The van der Waals surface area contributed by atoms with Crippen LogP contribution in [-0.2, 0) is 11.2 Å². The van der Waals surface area contributed by atoms with E-state index < -0.39 is 0 Å². The number of rotatable bonds is 8. The third-order valence-electron chi connectivity index (χ3n) is 4.34. The number of likely N-dealkylation sites (N-methyl/N-ethyl adjacent to an activating group) is 1. The number of esters is 1. The van der Waals surface area contributed by atoms with Crippen LogP contribution in [0.15, 0.2) is 54.9 Å². The summed E-state index contributed by atoms with van der Waals surface area (Å²) >= 11 is 0. The van der Waals surface area contributed by atoms with Crippen molar-refractivity contribution in [2.45, 2.75) is 20.3 Å². The summed E-state index contributed by atoms with van der Waals surface area (Å²) in [5.41, 5.74) is 3.45. The van der Waals surface area contributed by atoms with Crippen LogP contribution in [0.5, 0.6) is 0 Å². The number of carbonyl (C=O) groups excluding carboxylic acids is 1. The number of ether oxygens (including phenoxy) is 1. The van der Waals surface area contributed by atoms with Crippen LogP contribution >= 0.6 is 0 Å². The monoisotopic (exact) mass is 391 g/mol. The molecule has 0 radical (unpaired) electrons. The minimum Gasteiger partial charge on any atom is -0.462 e. The molecule has 3 aromatic rings. The van der Waals surface area contributed by atoms with Gasteiger partial charge in [-0.05, 0) is 62.2 Å². The van der Waals surface area contributed by atoms with Gasteiger partial charge in [0.2, 0.25) is 5.95 Å². The number of aryl methyl sites for hydroxylation is 1. The molecule has 7 heteroatoms. The Hall–Kier alpha value is -3.48. The molecule has 0 atom stereocenters. The van der Waals surface area contributed by atoms with Crippen LogP contribution in [0, 0.1) is 6.92 Å². The molecule has 0 saturated carbocycles. The maximum absolute atomic E-state index is 11.8. The number of nitrogens with one attached hydrogen (secondary N) is 1. The van der Waals surface area contributed by atoms with Crippen molar-refractivity contribution in [3.05, 3.63) is 71.7 Å². The summed E-state index contributed by atoms with van der Waals surface area (Å²) in [6, 6.07) is 13.0. The molecule has 2 heterocycles. The number of benzene rings is 1. The lowest BCUT2D eigenvalue weighted by Gasteiger charge is -2.18. The minimum absolute atomic E-state index is 0.324. The average molecular weight is 391 g/mol. The Labute approximate surface area is 170 Å². The van der Waals surface area contributed by atoms with Gasteiger partial charge in [0.05, 0.1) is 12.2 Å². The zero-order valence-corrected chi connectivity index (χ0v) is 16.9. The first-order valence-electron chi connectivity index (χ1n) is 9.55. The van der Waals surface area contributed by atoms with E-state index in [9.17, 15) is 4.79 Å². The zero-order chi connectivity index (χ0) is 20.6. The maximum atomic E-state index is 11.8. The van der Waals surface area contributed by atoms with E-state index in [4.69, 9.17) is 4.74 Å². The SMILES string of the molecule is CCOC(=O)c1ccc(Nc2cc(C)nc(N(C)CCc3ccncc3)n2)cc1. The number of anilines is 3. The van der Waals surface area contributed by atoms with E-state index in [1.807, 2.05) is 49.2 Å². The zero-order valence-electron chi connectivity index (χ0n) is 16.9. The van der Waals surface area contributed by atoms with E-state index >= 15 is 0 Å². The molecule has 3 rings (SSSR count). The second-order valence-electron chi connectivity index (χ2n) is 6.64. The van der Waals surface area contributed by atoms with Crippen molar-refractivity contribution in [1.82, 2.24) is 15.0 Å². The highest BCUT2D eigenvalue weighted by Gasteiger charge is 2.09. The fraction of sp³-hybridized carbons (Fsp3) is 0.273. The van der Waals surface area contributed by atoms with Gasteiger partial charge in [0.1, 0.15) is 5.82 Å². The predicted octanol–water partition coefficient (Wildman–Crippen LogP) is 3.78. The van der Waals surface area contributed by atoms with Crippen molar-refractivity contribution in [1.29, 1.82) is 0 Å². The van der Waals surface area contributed by atoms with Gasteiger partial charge in [-0.15, -0.1) is 0 Å². The van der Waals surface area contributed by atoms with E-state index in [1.165, 1.54) is 5.56 Å². The number of hydrogen-bond donors (Lipinski definition) is 1. The highest BCUT2D eigenvalue weighted by molar-refractivity contribution is 5.89. The van der Waals surface area contributed by atoms with Crippen molar-refractivity contribution in [3.8, 4) is 0 Å². The lowest BCUT2D eigenvalue weighted by molar-refractivity contribution is 0.0526. The van der Waals surface area contributed by atoms with Gasteiger partial charge < -0.3 is 15.0 Å². The topological polar surface area (TPSA) is 80.2 Å². The molecule has 2 aromatic heterocycles. The Morgan fingerprint density at radius 1 is 1.10 bits per heavy atom. The van der Waals surface area contributed by atoms with Crippen LogP contribution in [0.3, 0.4) is 0 Å². The van der Waals surface area contributed by atoms with Crippen LogP contribution in [-0.4, -0.2) is 41.1 Å². The van der Waals surface area contributed by atoms with Crippen LogP contribution in [0.25, 0.3) is 0 Å². The Morgan fingerprint density at radius 3 is 2.52 bits per heavy atom. The predicted molar refractivity (Wildman–Crippen MR) is 114 cm³/mol. The van der Waals surface area contributed by atoms with Gasteiger partial charge in [-0.2, -0.15) is 4.98 Å². The smallest absolute Gasteiger partial charge is 0.338 e. The largest absolute Gasteiger partial charge is 0.462 e. The molecular formula is C22H25N5O2. The molecule has 150 valence electrons. The second kappa shape index (κ2) is 9.64. The molecule has 0 unspecified atom stereocenters. The van der Waals surface area contributed by atoms with E-state index in [0.29, 0.717) is 23.9 Å². The highest BCUT2D eigenvalue weighted by Crippen LogP contribution is 2.19. The average Bonchev–Trinajstić information content (AvgIpc) is 2.73. The van der Waals surface area contributed by atoms with Crippen LogP contribution in [0.1, 0.15) is 28.5 Å². The Balaban J connectivity index is 1.67. The van der Waals surface area contributed by atoms with Gasteiger partial charge in [0, 0.05) is 43.4 Å². The second-order valence-corrected chi connectivity index (χ2v) is 6.64. The third kappa shape index (κ3) is 5.75. The molecule has 0 aliphatic carbocycles. The molecule has 0 amide bonds. The third-order valence-corrected chi connectivity index (χ3v) is 4.34. The van der Waals surface area contributed by atoms with E-state index in [0.717, 1.165) is 24.3 Å².